The van der Waals surface area contributed by atoms with Crippen molar-refractivity contribution < 1.29 is 9.84 Å². The van der Waals surface area contributed by atoms with Gasteiger partial charge in [-0.1, -0.05) is 13.8 Å². The zero-order valence-corrected chi connectivity index (χ0v) is 8.83. The zero-order chi connectivity index (χ0) is 9.68. The van der Waals surface area contributed by atoms with E-state index in [4.69, 9.17) is 4.74 Å². The Hall–Kier alpha value is -0.0800. The molecule has 2 heteroatoms. The number of aliphatic hydroxyl groups is 1. The molecule has 1 rings (SSSR count). The molecule has 1 aliphatic carbocycles. The van der Waals surface area contributed by atoms with Gasteiger partial charge >= 0.3 is 0 Å². The zero-order valence-electron chi connectivity index (χ0n) is 8.83. The third kappa shape index (κ3) is 4.10. The maximum Gasteiger partial charge on any atom is 0.0833 e. The lowest BCUT2D eigenvalue weighted by Crippen LogP contribution is -2.23. The molecule has 13 heavy (non-hydrogen) atoms. The van der Waals surface area contributed by atoms with E-state index in [1.807, 2.05) is 0 Å². The van der Waals surface area contributed by atoms with Gasteiger partial charge in [0, 0.05) is 6.61 Å². The maximum absolute atomic E-state index is 9.47. The van der Waals surface area contributed by atoms with Crippen LogP contribution in [0, 0.1) is 5.92 Å². The second kappa shape index (κ2) is 5.61. The van der Waals surface area contributed by atoms with E-state index in [1.54, 1.807) is 0 Å². The molecule has 2 atom stereocenters. The molecule has 1 saturated carbocycles. The smallest absolute Gasteiger partial charge is 0.0833 e. The summed E-state index contributed by atoms with van der Waals surface area (Å²) in [6, 6.07) is 0. The van der Waals surface area contributed by atoms with E-state index in [2.05, 4.69) is 13.8 Å². The van der Waals surface area contributed by atoms with Gasteiger partial charge in [0.15, 0.2) is 0 Å². The number of ether oxygens (including phenoxy) is 1. The van der Waals surface area contributed by atoms with Crippen LogP contribution in [-0.2, 0) is 4.74 Å². The predicted molar refractivity (Wildman–Crippen MR) is 53.7 cm³/mol. The lowest BCUT2D eigenvalue weighted by atomic mass is 10.1. The first kappa shape index (κ1) is 11.0. The van der Waals surface area contributed by atoms with E-state index in [1.165, 1.54) is 6.42 Å². The maximum atomic E-state index is 9.47. The van der Waals surface area contributed by atoms with Gasteiger partial charge in [0.2, 0.25) is 0 Å². The Morgan fingerprint density at radius 2 is 2.15 bits per heavy atom. The Kier molecular flexibility index (Phi) is 4.74. The molecule has 0 aromatic carbocycles. The fraction of sp³-hybridized carbons (Fsp3) is 1.00. The highest BCUT2D eigenvalue weighted by Crippen LogP contribution is 2.22. The van der Waals surface area contributed by atoms with Crippen molar-refractivity contribution in [1.29, 1.82) is 0 Å². The molecule has 1 fully saturated rings. The Bertz CT molecular complexity index is 134. The Labute approximate surface area is 81.3 Å². The lowest BCUT2D eigenvalue weighted by molar-refractivity contribution is -0.0202. The van der Waals surface area contributed by atoms with Crippen molar-refractivity contribution in [2.75, 3.05) is 6.61 Å². The van der Waals surface area contributed by atoms with Crippen molar-refractivity contribution in [3.8, 4) is 0 Å². The van der Waals surface area contributed by atoms with E-state index in [0.717, 1.165) is 38.2 Å². The largest absolute Gasteiger partial charge is 0.390 e. The van der Waals surface area contributed by atoms with Crippen LogP contribution >= 0.6 is 0 Å². The first-order valence-electron chi connectivity index (χ1n) is 5.50. The van der Waals surface area contributed by atoms with Crippen LogP contribution in [0.25, 0.3) is 0 Å². The third-order valence-corrected chi connectivity index (χ3v) is 2.68. The minimum absolute atomic E-state index is 0.132. The number of hydrogen-bond acceptors (Lipinski definition) is 2. The summed E-state index contributed by atoms with van der Waals surface area (Å²) >= 11 is 0. The van der Waals surface area contributed by atoms with Gasteiger partial charge in [-0.25, -0.2) is 0 Å². The summed E-state index contributed by atoms with van der Waals surface area (Å²) in [5.74, 6) is 0.761. The van der Waals surface area contributed by atoms with Crippen molar-refractivity contribution in [2.24, 2.45) is 5.92 Å². The predicted octanol–water partition coefficient (Wildman–Crippen LogP) is 2.35. The van der Waals surface area contributed by atoms with E-state index >= 15 is 0 Å². The quantitative estimate of drug-likeness (QED) is 0.668. The molecule has 0 amide bonds. The minimum atomic E-state index is -0.195. The second-order valence-electron chi connectivity index (χ2n) is 4.44. The van der Waals surface area contributed by atoms with Crippen molar-refractivity contribution in [1.82, 2.24) is 0 Å². The average molecular weight is 186 g/mol. The Balaban J connectivity index is 1.99. The molecule has 1 N–H and O–H groups in total. The van der Waals surface area contributed by atoms with Crippen LogP contribution in [0.15, 0.2) is 0 Å². The van der Waals surface area contributed by atoms with Crippen LogP contribution in [0.2, 0.25) is 0 Å². The number of aliphatic hydroxyl groups excluding tert-OH is 1. The van der Waals surface area contributed by atoms with Crippen molar-refractivity contribution in [3.05, 3.63) is 0 Å². The third-order valence-electron chi connectivity index (χ3n) is 2.68. The molecule has 0 heterocycles. The van der Waals surface area contributed by atoms with E-state index in [0.29, 0.717) is 0 Å². The molecule has 1 aliphatic rings. The first-order chi connectivity index (χ1) is 6.20. The fourth-order valence-corrected chi connectivity index (χ4v) is 1.83. The molecular formula is C11H22O2. The van der Waals surface area contributed by atoms with Crippen LogP contribution in [0.4, 0.5) is 0 Å². The van der Waals surface area contributed by atoms with Crippen molar-refractivity contribution in [2.45, 2.75) is 58.2 Å². The summed E-state index contributed by atoms with van der Waals surface area (Å²) < 4.78 is 5.62. The highest BCUT2D eigenvalue weighted by Gasteiger charge is 2.25. The van der Waals surface area contributed by atoms with Crippen LogP contribution < -0.4 is 0 Å². The molecule has 2 nitrogen and oxygen atoms in total. The van der Waals surface area contributed by atoms with Crippen LogP contribution in [0.3, 0.4) is 0 Å². The van der Waals surface area contributed by atoms with Gasteiger partial charge < -0.3 is 9.84 Å². The van der Waals surface area contributed by atoms with Crippen LogP contribution in [0.1, 0.15) is 46.0 Å². The summed E-state index contributed by atoms with van der Waals surface area (Å²) in [5, 5.41) is 9.47. The molecule has 0 aliphatic heterocycles. The molecule has 0 bridgehead atoms. The highest BCUT2D eigenvalue weighted by molar-refractivity contribution is 4.76. The lowest BCUT2D eigenvalue weighted by Gasteiger charge is -2.15. The summed E-state index contributed by atoms with van der Waals surface area (Å²) in [6.07, 6.45) is 5.38. The van der Waals surface area contributed by atoms with Gasteiger partial charge in [-0.15, -0.1) is 0 Å². The van der Waals surface area contributed by atoms with Gasteiger partial charge in [-0.2, -0.15) is 0 Å². The SMILES string of the molecule is CC(C)CCCOC1CCCC1O. The van der Waals surface area contributed by atoms with E-state index in [9.17, 15) is 5.11 Å². The van der Waals surface area contributed by atoms with Crippen molar-refractivity contribution >= 4 is 0 Å². The van der Waals surface area contributed by atoms with E-state index in [-0.39, 0.29) is 12.2 Å². The normalized spacial score (nSPS) is 28.6. The molecule has 0 spiro atoms. The standard InChI is InChI=1S/C11H22O2/c1-9(2)5-4-8-13-11-7-3-6-10(11)12/h9-12H,3-8H2,1-2H3. The molecule has 0 saturated heterocycles. The van der Waals surface area contributed by atoms with Crippen LogP contribution in [0.5, 0.6) is 0 Å². The molecule has 78 valence electrons. The Morgan fingerprint density at radius 3 is 2.69 bits per heavy atom. The first-order valence-corrected chi connectivity index (χ1v) is 5.50. The van der Waals surface area contributed by atoms with Crippen molar-refractivity contribution in [3.63, 3.8) is 0 Å². The van der Waals surface area contributed by atoms with Gasteiger partial charge in [-0.3, -0.25) is 0 Å². The average Bonchev–Trinajstić information content (AvgIpc) is 2.45. The summed E-state index contributed by atoms with van der Waals surface area (Å²) in [4.78, 5) is 0. The monoisotopic (exact) mass is 186 g/mol. The molecule has 0 radical (unpaired) electrons. The van der Waals surface area contributed by atoms with Gasteiger partial charge in [0.05, 0.1) is 12.2 Å². The fourth-order valence-electron chi connectivity index (χ4n) is 1.83. The molecule has 0 aromatic heterocycles. The minimum Gasteiger partial charge on any atom is -0.390 e. The van der Waals surface area contributed by atoms with Gasteiger partial charge in [-0.05, 0) is 38.0 Å². The molecule has 0 aromatic rings. The summed E-state index contributed by atoms with van der Waals surface area (Å²) in [5.41, 5.74) is 0. The molecular weight excluding hydrogens is 164 g/mol. The van der Waals surface area contributed by atoms with Gasteiger partial charge in [0.1, 0.15) is 0 Å². The number of rotatable bonds is 5. The molecule has 2 unspecified atom stereocenters. The summed E-state index contributed by atoms with van der Waals surface area (Å²) in [6.45, 7) is 5.27. The van der Waals surface area contributed by atoms with Gasteiger partial charge in [0.25, 0.3) is 0 Å². The van der Waals surface area contributed by atoms with E-state index < -0.39 is 0 Å². The Morgan fingerprint density at radius 1 is 1.38 bits per heavy atom. The number of hydrogen-bond donors (Lipinski definition) is 1. The van der Waals surface area contributed by atoms with Crippen LogP contribution in [-0.4, -0.2) is 23.9 Å². The summed E-state index contributed by atoms with van der Waals surface area (Å²) in [7, 11) is 0. The second-order valence-corrected chi connectivity index (χ2v) is 4.44. The highest BCUT2D eigenvalue weighted by atomic mass is 16.5. The topological polar surface area (TPSA) is 29.5 Å².